The SMILES string of the molecule is CCC(C)C(NC(=O)CCCn1nnc2ccccc2c1=O)c1nc2ccccc2[nH]1. The molecule has 0 saturated carbocycles. The van der Waals surface area contributed by atoms with Crippen LogP contribution in [0.2, 0.25) is 0 Å². The number of aromatic nitrogens is 5. The minimum atomic E-state index is -0.201. The number of nitrogens with zero attached hydrogens (tertiary/aromatic N) is 4. The number of fused-ring (bicyclic) bond motifs is 2. The molecule has 4 rings (SSSR count). The van der Waals surface area contributed by atoms with Crippen LogP contribution in [0.3, 0.4) is 0 Å². The maximum Gasteiger partial charge on any atom is 0.277 e. The average molecular weight is 419 g/mol. The largest absolute Gasteiger partial charge is 0.346 e. The molecule has 2 aromatic carbocycles. The van der Waals surface area contributed by atoms with Gasteiger partial charge < -0.3 is 10.3 Å². The highest BCUT2D eigenvalue weighted by Gasteiger charge is 2.23. The van der Waals surface area contributed by atoms with Crippen LogP contribution in [-0.4, -0.2) is 30.9 Å². The van der Waals surface area contributed by atoms with Crippen molar-refractivity contribution in [1.82, 2.24) is 30.3 Å². The average Bonchev–Trinajstić information content (AvgIpc) is 3.22. The van der Waals surface area contributed by atoms with Gasteiger partial charge in [-0.3, -0.25) is 9.59 Å². The number of nitrogens with one attached hydrogen (secondary N) is 2. The van der Waals surface area contributed by atoms with Crippen LogP contribution in [0, 0.1) is 5.92 Å². The van der Waals surface area contributed by atoms with Crippen LogP contribution in [0.1, 0.15) is 45.0 Å². The highest BCUT2D eigenvalue weighted by atomic mass is 16.1. The van der Waals surface area contributed by atoms with Gasteiger partial charge in [0, 0.05) is 13.0 Å². The molecule has 0 fully saturated rings. The van der Waals surface area contributed by atoms with E-state index in [2.05, 4.69) is 39.4 Å². The van der Waals surface area contributed by atoms with Crippen LogP contribution in [0.15, 0.2) is 53.3 Å². The molecule has 160 valence electrons. The summed E-state index contributed by atoms with van der Waals surface area (Å²) >= 11 is 0. The third kappa shape index (κ3) is 4.47. The fourth-order valence-electron chi connectivity index (χ4n) is 3.64. The summed E-state index contributed by atoms with van der Waals surface area (Å²) in [6, 6.07) is 14.7. The number of imidazole rings is 1. The van der Waals surface area contributed by atoms with Gasteiger partial charge in [-0.25, -0.2) is 9.67 Å². The van der Waals surface area contributed by atoms with E-state index < -0.39 is 0 Å². The van der Waals surface area contributed by atoms with Crippen molar-refractivity contribution in [1.29, 1.82) is 0 Å². The van der Waals surface area contributed by atoms with Crippen molar-refractivity contribution < 1.29 is 4.79 Å². The summed E-state index contributed by atoms with van der Waals surface area (Å²) in [7, 11) is 0. The van der Waals surface area contributed by atoms with E-state index in [0.717, 1.165) is 23.3 Å². The van der Waals surface area contributed by atoms with Crippen molar-refractivity contribution in [3.05, 3.63) is 64.7 Å². The number of benzene rings is 2. The summed E-state index contributed by atoms with van der Waals surface area (Å²) in [4.78, 5) is 33.2. The monoisotopic (exact) mass is 418 g/mol. The molecule has 2 heterocycles. The van der Waals surface area contributed by atoms with E-state index >= 15 is 0 Å². The first-order chi connectivity index (χ1) is 15.1. The van der Waals surface area contributed by atoms with E-state index in [4.69, 9.17) is 0 Å². The zero-order valence-electron chi connectivity index (χ0n) is 17.7. The zero-order chi connectivity index (χ0) is 21.8. The molecule has 0 radical (unpaired) electrons. The predicted octanol–water partition coefficient (Wildman–Crippen LogP) is 3.35. The third-order valence-electron chi connectivity index (χ3n) is 5.63. The van der Waals surface area contributed by atoms with Crippen LogP contribution in [0.5, 0.6) is 0 Å². The molecule has 8 nitrogen and oxygen atoms in total. The molecule has 0 aliphatic heterocycles. The van der Waals surface area contributed by atoms with E-state index in [1.54, 1.807) is 18.2 Å². The molecular weight excluding hydrogens is 392 g/mol. The topological polar surface area (TPSA) is 106 Å². The van der Waals surface area contributed by atoms with Crippen molar-refractivity contribution >= 4 is 27.8 Å². The van der Waals surface area contributed by atoms with Gasteiger partial charge in [-0.05, 0) is 36.6 Å². The standard InChI is InChI=1S/C23H26N6O2/c1-3-15(2)21(22-24-18-11-6-7-12-19(18)25-22)26-20(30)13-8-14-29-23(31)16-9-4-5-10-17(16)27-28-29/h4-7,9-12,15,21H,3,8,13-14H2,1-2H3,(H,24,25)(H,26,30). The Kier molecular flexibility index (Phi) is 6.06. The van der Waals surface area contributed by atoms with Crippen molar-refractivity contribution in [2.45, 2.75) is 45.7 Å². The molecule has 2 aromatic heterocycles. The first-order valence-corrected chi connectivity index (χ1v) is 10.6. The number of carbonyl (C=O) groups is 1. The molecule has 0 aliphatic carbocycles. The van der Waals surface area contributed by atoms with Crippen molar-refractivity contribution in [2.75, 3.05) is 0 Å². The number of hydrogen-bond donors (Lipinski definition) is 2. The lowest BCUT2D eigenvalue weighted by Gasteiger charge is -2.22. The highest BCUT2D eigenvalue weighted by Crippen LogP contribution is 2.24. The first-order valence-electron chi connectivity index (χ1n) is 10.6. The Morgan fingerprint density at radius 2 is 1.87 bits per heavy atom. The van der Waals surface area contributed by atoms with Gasteiger partial charge in [-0.2, -0.15) is 0 Å². The van der Waals surface area contributed by atoms with Crippen LogP contribution in [0.4, 0.5) is 0 Å². The minimum Gasteiger partial charge on any atom is -0.346 e. The molecule has 2 atom stereocenters. The fourth-order valence-corrected chi connectivity index (χ4v) is 3.64. The minimum absolute atomic E-state index is 0.0763. The molecule has 2 unspecified atom stereocenters. The van der Waals surface area contributed by atoms with Crippen molar-refractivity contribution in [3.63, 3.8) is 0 Å². The summed E-state index contributed by atoms with van der Waals surface area (Å²) in [5.41, 5.74) is 2.22. The van der Waals surface area contributed by atoms with Gasteiger partial charge in [0.05, 0.1) is 22.5 Å². The number of hydrogen-bond acceptors (Lipinski definition) is 5. The van der Waals surface area contributed by atoms with Crippen molar-refractivity contribution in [2.24, 2.45) is 5.92 Å². The smallest absolute Gasteiger partial charge is 0.277 e. The fraction of sp³-hybridized carbons (Fsp3) is 0.348. The quantitative estimate of drug-likeness (QED) is 0.456. The van der Waals surface area contributed by atoms with Crippen molar-refractivity contribution in [3.8, 4) is 0 Å². The maximum atomic E-state index is 12.7. The molecule has 4 aromatic rings. The molecule has 0 bridgehead atoms. The molecule has 0 spiro atoms. The molecule has 8 heteroatoms. The number of amides is 1. The Morgan fingerprint density at radius 3 is 2.65 bits per heavy atom. The molecule has 1 amide bonds. The number of rotatable bonds is 8. The summed E-state index contributed by atoms with van der Waals surface area (Å²) in [5.74, 6) is 0.909. The zero-order valence-corrected chi connectivity index (χ0v) is 17.7. The lowest BCUT2D eigenvalue weighted by molar-refractivity contribution is -0.122. The predicted molar refractivity (Wildman–Crippen MR) is 119 cm³/mol. The Morgan fingerprint density at radius 1 is 1.13 bits per heavy atom. The van der Waals surface area contributed by atoms with Gasteiger partial charge in [0.25, 0.3) is 5.56 Å². The van der Waals surface area contributed by atoms with E-state index in [1.807, 2.05) is 30.3 Å². The third-order valence-corrected chi connectivity index (χ3v) is 5.63. The Balaban J connectivity index is 1.41. The van der Waals surface area contributed by atoms with E-state index in [0.29, 0.717) is 23.9 Å². The number of para-hydroxylation sites is 2. The number of aromatic amines is 1. The number of H-pyrrole nitrogens is 1. The van der Waals surface area contributed by atoms with E-state index in [-0.39, 0.29) is 29.8 Å². The summed E-state index contributed by atoms with van der Waals surface area (Å²) in [6.07, 6.45) is 1.68. The maximum absolute atomic E-state index is 12.7. The molecule has 31 heavy (non-hydrogen) atoms. The van der Waals surface area contributed by atoms with Crippen LogP contribution >= 0.6 is 0 Å². The lowest BCUT2D eigenvalue weighted by Crippen LogP contribution is -2.33. The van der Waals surface area contributed by atoms with E-state index in [9.17, 15) is 9.59 Å². The summed E-state index contributed by atoms with van der Waals surface area (Å²) in [5, 5.41) is 11.7. The Hall–Kier alpha value is -3.55. The molecule has 0 saturated heterocycles. The molecule has 2 N–H and O–H groups in total. The summed E-state index contributed by atoms with van der Waals surface area (Å²) in [6.45, 7) is 4.53. The van der Waals surface area contributed by atoms with Crippen LogP contribution < -0.4 is 10.9 Å². The number of aryl methyl sites for hydroxylation is 1. The second kappa shape index (κ2) is 9.07. The Bertz CT molecular complexity index is 1230. The van der Waals surface area contributed by atoms with Gasteiger partial charge >= 0.3 is 0 Å². The van der Waals surface area contributed by atoms with Gasteiger partial charge in [-0.15, -0.1) is 5.10 Å². The van der Waals surface area contributed by atoms with Crippen LogP contribution in [0.25, 0.3) is 21.9 Å². The summed E-state index contributed by atoms with van der Waals surface area (Å²) < 4.78 is 1.32. The molecular formula is C23H26N6O2. The van der Waals surface area contributed by atoms with E-state index in [1.165, 1.54) is 4.68 Å². The van der Waals surface area contributed by atoms with Crippen LogP contribution in [-0.2, 0) is 11.3 Å². The second-order valence-electron chi connectivity index (χ2n) is 7.81. The highest BCUT2D eigenvalue weighted by molar-refractivity contribution is 5.78. The normalized spacial score (nSPS) is 13.4. The number of carbonyl (C=O) groups excluding carboxylic acids is 1. The lowest BCUT2D eigenvalue weighted by atomic mass is 9.98. The van der Waals surface area contributed by atoms with Gasteiger partial charge in [0.2, 0.25) is 5.91 Å². The second-order valence-corrected chi connectivity index (χ2v) is 7.81. The van der Waals surface area contributed by atoms with Gasteiger partial charge in [-0.1, -0.05) is 49.7 Å². The van der Waals surface area contributed by atoms with Gasteiger partial charge in [0.15, 0.2) is 0 Å². The Labute approximate surface area is 179 Å². The molecule has 0 aliphatic rings. The first kappa shape index (κ1) is 20.7. The van der Waals surface area contributed by atoms with Gasteiger partial charge in [0.1, 0.15) is 11.3 Å².